The van der Waals surface area contributed by atoms with Gasteiger partial charge in [0.2, 0.25) is 0 Å². The van der Waals surface area contributed by atoms with Crippen LogP contribution in [0.3, 0.4) is 0 Å². The number of carbonyl (C=O) groups excluding carboxylic acids is 1. The first-order chi connectivity index (χ1) is 14.1. The molecule has 2 aliphatic carbocycles. The van der Waals surface area contributed by atoms with Crippen molar-refractivity contribution in [3.05, 3.63) is 42.1 Å². The maximum absolute atomic E-state index is 13.5. The summed E-state index contributed by atoms with van der Waals surface area (Å²) in [6, 6.07) is 10.3. The third-order valence-electron chi connectivity index (χ3n) is 6.94. The summed E-state index contributed by atoms with van der Waals surface area (Å²) >= 11 is 0. The molecule has 6 nitrogen and oxygen atoms in total. The molecule has 0 unspecified atom stereocenters. The maximum atomic E-state index is 13.5. The topological polar surface area (TPSA) is 75.4 Å². The van der Waals surface area contributed by atoms with Crippen molar-refractivity contribution in [1.82, 2.24) is 14.7 Å². The van der Waals surface area contributed by atoms with Crippen molar-refractivity contribution in [2.45, 2.75) is 44.6 Å². The molecule has 0 radical (unpaired) electrons. The summed E-state index contributed by atoms with van der Waals surface area (Å²) in [5, 5.41) is 14.3. The van der Waals surface area contributed by atoms with E-state index in [-0.39, 0.29) is 11.8 Å². The molecule has 0 bridgehead atoms. The van der Waals surface area contributed by atoms with Gasteiger partial charge in [0.1, 0.15) is 0 Å². The lowest BCUT2D eigenvalue weighted by atomic mass is 9.92. The fourth-order valence-corrected chi connectivity index (χ4v) is 5.26. The summed E-state index contributed by atoms with van der Waals surface area (Å²) in [4.78, 5) is 27.0. The molecule has 5 rings (SSSR count). The van der Waals surface area contributed by atoms with Gasteiger partial charge < -0.3 is 10.0 Å². The van der Waals surface area contributed by atoms with Crippen molar-refractivity contribution >= 4 is 11.9 Å². The Morgan fingerprint density at radius 2 is 1.72 bits per heavy atom. The lowest BCUT2D eigenvalue weighted by molar-refractivity contribution is -0.142. The van der Waals surface area contributed by atoms with E-state index in [9.17, 15) is 14.7 Å². The second kappa shape index (κ2) is 7.32. The number of nitrogens with zero attached hydrogens (tertiary/aromatic N) is 3. The molecule has 1 N–H and O–H groups in total. The second-order valence-corrected chi connectivity index (χ2v) is 8.81. The van der Waals surface area contributed by atoms with Crippen LogP contribution < -0.4 is 0 Å². The zero-order chi connectivity index (χ0) is 20.0. The largest absolute Gasteiger partial charge is 0.481 e. The van der Waals surface area contributed by atoms with E-state index in [0.29, 0.717) is 30.6 Å². The first-order valence-electron chi connectivity index (χ1n) is 10.8. The van der Waals surface area contributed by atoms with Crippen molar-refractivity contribution in [2.24, 2.45) is 17.8 Å². The fraction of sp³-hybridized carbons (Fsp3) is 0.522. The highest BCUT2D eigenvalue weighted by molar-refractivity contribution is 6.00. The molecule has 2 atom stereocenters. The molecule has 0 spiro atoms. The lowest BCUT2D eigenvalue weighted by Gasteiger charge is -2.19. The third-order valence-corrected chi connectivity index (χ3v) is 6.94. The lowest BCUT2D eigenvalue weighted by Crippen LogP contribution is -2.30. The van der Waals surface area contributed by atoms with E-state index in [2.05, 4.69) is 5.10 Å². The number of carbonyl (C=O) groups is 2. The molecular weight excluding hydrogens is 366 g/mol. The highest BCUT2D eigenvalue weighted by Crippen LogP contribution is 2.44. The van der Waals surface area contributed by atoms with Gasteiger partial charge in [-0.3, -0.25) is 14.3 Å². The van der Waals surface area contributed by atoms with Gasteiger partial charge in [0.25, 0.3) is 5.91 Å². The molecule has 29 heavy (non-hydrogen) atoms. The molecule has 1 aliphatic heterocycles. The van der Waals surface area contributed by atoms with Crippen molar-refractivity contribution in [3.8, 4) is 11.3 Å². The minimum absolute atomic E-state index is 0.0810. The van der Waals surface area contributed by atoms with E-state index in [0.717, 1.165) is 36.9 Å². The van der Waals surface area contributed by atoms with Crippen molar-refractivity contribution in [1.29, 1.82) is 0 Å². The van der Waals surface area contributed by atoms with E-state index >= 15 is 0 Å². The average Bonchev–Trinajstić information content (AvgIpc) is 3.16. The van der Waals surface area contributed by atoms with Crippen LogP contribution in [0.1, 0.15) is 54.9 Å². The van der Waals surface area contributed by atoms with Gasteiger partial charge in [0.15, 0.2) is 0 Å². The van der Waals surface area contributed by atoms with Crippen LogP contribution in [0, 0.1) is 17.8 Å². The first kappa shape index (κ1) is 18.4. The molecule has 6 heteroatoms. The molecule has 1 aromatic heterocycles. The second-order valence-electron chi connectivity index (χ2n) is 8.81. The minimum atomic E-state index is -0.776. The Kier molecular flexibility index (Phi) is 4.64. The van der Waals surface area contributed by atoms with Crippen LogP contribution in [0.5, 0.6) is 0 Å². The number of likely N-dealkylation sites (tertiary alicyclic amines) is 1. The molecule has 3 fully saturated rings. The number of carboxylic acid groups (broad SMARTS) is 1. The van der Waals surface area contributed by atoms with Crippen LogP contribution in [0.15, 0.2) is 36.5 Å². The van der Waals surface area contributed by atoms with Gasteiger partial charge in [0, 0.05) is 18.7 Å². The number of aliphatic carboxylic acids is 1. The molecule has 1 aromatic carbocycles. The number of benzene rings is 1. The number of hydrogen-bond donors (Lipinski definition) is 1. The van der Waals surface area contributed by atoms with Crippen molar-refractivity contribution in [2.75, 3.05) is 13.1 Å². The highest BCUT2D eigenvalue weighted by Gasteiger charge is 2.47. The van der Waals surface area contributed by atoms with Crippen LogP contribution in [0.2, 0.25) is 0 Å². The monoisotopic (exact) mass is 393 g/mol. The van der Waals surface area contributed by atoms with Gasteiger partial charge in [-0.15, -0.1) is 0 Å². The zero-order valence-electron chi connectivity index (χ0n) is 16.5. The number of aromatic nitrogens is 2. The Bertz CT molecular complexity index is 913. The van der Waals surface area contributed by atoms with E-state index in [4.69, 9.17) is 0 Å². The minimum Gasteiger partial charge on any atom is -0.481 e. The van der Waals surface area contributed by atoms with Gasteiger partial charge in [-0.25, -0.2) is 0 Å². The number of rotatable bonds is 5. The van der Waals surface area contributed by atoms with Crippen LogP contribution in [0.4, 0.5) is 0 Å². The smallest absolute Gasteiger partial charge is 0.308 e. The summed E-state index contributed by atoms with van der Waals surface area (Å²) < 4.78 is 2.04. The third kappa shape index (κ3) is 3.34. The number of amides is 1. The number of carboxylic acids is 1. The Balaban J connectivity index is 1.49. The Labute approximate surface area is 170 Å². The molecule has 152 valence electrons. The predicted molar refractivity (Wildman–Crippen MR) is 108 cm³/mol. The summed E-state index contributed by atoms with van der Waals surface area (Å²) in [5.41, 5.74) is 2.47. The van der Waals surface area contributed by atoms with Gasteiger partial charge >= 0.3 is 5.97 Å². The van der Waals surface area contributed by atoms with Crippen LogP contribution in [0.25, 0.3) is 11.3 Å². The fourth-order valence-electron chi connectivity index (χ4n) is 5.26. The zero-order valence-corrected chi connectivity index (χ0v) is 16.5. The summed E-state index contributed by atoms with van der Waals surface area (Å²) in [7, 11) is 0. The first-order valence-corrected chi connectivity index (χ1v) is 10.8. The Morgan fingerprint density at radius 1 is 1.00 bits per heavy atom. The maximum Gasteiger partial charge on any atom is 0.308 e. The number of hydrogen-bond acceptors (Lipinski definition) is 3. The standard InChI is InChI=1S/C23H27N3O3/c27-22(25-13-19(15-10-11-15)20(14-25)23(28)29)18-12-24-26(17-8-4-5-9-17)21(18)16-6-2-1-3-7-16/h1-3,6-7,12,15,17,19-20H,4-5,8-11,13-14H2,(H,28,29)/t19-,20+/m1/s1. The molecule has 1 saturated heterocycles. The van der Waals surface area contributed by atoms with Gasteiger partial charge in [0.05, 0.1) is 29.4 Å². The van der Waals surface area contributed by atoms with Crippen LogP contribution >= 0.6 is 0 Å². The van der Waals surface area contributed by atoms with Crippen molar-refractivity contribution < 1.29 is 14.7 Å². The Morgan fingerprint density at radius 3 is 2.38 bits per heavy atom. The molecule has 2 heterocycles. The average molecular weight is 393 g/mol. The molecular formula is C23H27N3O3. The van der Waals surface area contributed by atoms with E-state index < -0.39 is 11.9 Å². The van der Waals surface area contributed by atoms with E-state index in [1.54, 1.807) is 11.1 Å². The van der Waals surface area contributed by atoms with E-state index in [1.807, 2.05) is 35.0 Å². The molecule has 3 aliphatic rings. The quantitative estimate of drug-likeness (QED) is 0.837. The van der Waals surface area contributed by atoms with Crippen molar-refractivity contribution in [3.63, 3.8) is 0 Å². The normalized spacial score (nSPS) is 24.9. The molecule has 2 aromatic rings. The SMILES string of the molecule is O=C(O)[C@H]1CN(C(=O)c2cnn(C3CCCC3)c2-c2ccccc2)C[C@@H]1C1CC1. The summed E-state index contributed by atoms with van der Waals surface area (Å²) in [6.07, 6.45) is 8.43. The van der Waals surface area contributed by atoms with E-state index in [1.165, 1.54) is 12.8 Å². The molecule has 1 amide bonds. The highest BCUT2D eigenvalue weighted by atomic mass is 16.4. The Hall–Kier alpha value is -2.63. The van der Waals surface area contributed by atoms with Gasteiger partial charge in [-0.2, -0.15) is 5.10 Å². The van der Waals surface area contributed by atoms with Gasteiger partial charge in [-0.05, 0) is 37.5 Å². The predicted octanol–water partition coefficient (Wildman–Crippen LogP) is 3.85. The summed E-state index contributed by atoms with van der Waals surface area (Å²) in [6.45, 7) is 0.849. The van der Waals surface area contributed by atoms with Gasteiger partial charge in [-0.1, -0.05) is 43.2 Å². The summed E-state index contributed by atoms with van der Waals surface area (Å²) in [5.74, 6) is -0.758. The van der Waals surface area contributed by atoms with Crippen LogP contribution in [-0.2, 0) is 4.79 Å². The van der Waals surface area contributed by atoms with Crippen LogP contribution in [-0.4, -0.2) is 44.8 Å². The molecule has 2 saturated carbocycles.